The Bertz CT molecular complexity index is 728. The van der Waals surface area contributed by atoms with E-state index in [2.05, 4.69) is 43.0 Å². The van der Waals surface area contributed by atoms with Crippen LogP contribution in [0.2, 0.25) is 0 Å². The molecule has 1 atom stereocenters. The van der Waals surface area contributed by atoms with Crippen molar-refractivity contribution in [2.45, 2.75) is 44.8 Å². The number of carbonyl (C=O) groups is 1. The van der Waals surface area contributed by atoms with Crippen LogP contribution < -0.4 is 5.32 Å². The summed E-state index contributed by atoms with van der Waals surface area (Å²) in [5.41, 5.74) is 2.49. The molecule has 1 N–H and O–H groups in total. The van der Waals surface area contributed by atoms with Gasteiger partial charge in [0.15, 0.2) is 0 Å². The van der Waals surface area contributed by atoms with E-state index < -0.39 is 0 Å². The number of aromatic nitrogens is 1. The second kappa shape index (κ2) is 9.63. The van der Waals surface area contributed by atoms with Crippen molar-refractivity contribution in [3.63, 3.8) is 0 Å². The SMILES string of the molecule is O=C(NCc1ccsc1)[C@H]1CCCN(C2CCN(Cc3cccnc3)CC2)C1. The van der Waals surface area contributed by atoms with Crippen molar-refractivity contribution in [1.29, 1.82) is 0 Å². The van der Waals surface area contributed by atoms with Crippen LogP contribution in [0.5, 0.6) is 0 Å². The highest BCUT2D eigenvalue weighted by Gasteiger charge is 2.31. The average molecular weight is 399 g/mol. The van der Waals surface area contributed by atoms with Gasteiger partial charge in [0.05, 0.1) is 5.92 Å². The first-order valence-corrected chi connectivity index (χ1v) is 11.4. The van der Waals surface area contributed by atoms with Crippen LogP contribution in [0.4, 0.5) is 0 Å². The summed E-state index contributed by atoms with van der Waals surface area (Å²) in [6.07, 6.45) is 8.35. The van der Waals surface area contributed by atoms with E-state index in [-0.39, 0.29) is 11.8 Å². The van der Waals surface area contributed by atoms with Gasteiger partial charge in [-0.2, -0.15) is 11.3 Å². The highest BCUT2D eigenvalue weighted by molar-refractivity contribution is 7.07. The number of thiophene rings is 1. The van der Waals surface area contributed by atoms with Crippen LogP contribution in [0.3, 0.4) is 0 Å². The summed E-state index contributed by atoms with van der Waals surface area (Å²) in [6, 6.07) is 6.87. The Morgan fingerprint density at radius 1 is 1.18 bits per heavy atom. The Kier molecular flexibility index (Phi) is 6.73. The summed E-state index contributed by atoms with van der Waals surface area (Å²) in [5, 5.41) is 7.30. The van der Waals surface area contributed by atoms with Crippen LogP contribution in [-0.2, 0) is 17.9 Å². The van der Waals surface area contributed by atoms with Crippen molar-refractivity contribution in [3.05, 3.63) is 52.5 Å². The Labute approximate surface area is 171 Å². The molecule has 150 valence electrons. The van der Waals surface area contributed by atoms with Gasteiger partial charge in [-0.1, -0.05) is 6.07 Å². The monoisotopic (exact) mass is 398 g/mol. The first-order chi connectivity index (χ1) is 13.8. The molecule has 2 aliphatic rings. The van der Waals surface area contributed by atoms with Crippen LogP contribution in [0.1, 0.15) is 36.8 Å². The van der Waals surface area contributed by atoms with Gasteiger partial charge >= 0.3 is 0 Å². The minimum Gasteiger partial charge on any atom is -0.352 e. The number of hydrogen-bond donors (Lipinski definition) is 1. The molecule has 0 aromatic carbocycles. The predicted molar refractivity (Wildman–Crippen MR) is 113 cm³/mol. The average Bonchev–Trinajstić information content (AvgIpc) is 3.27. The molecule has 2 fully saturated rings. The van der Waals surface area contributed by atoms with Crippen LogP contribution >= 0.6 is 11.3 Å². The second-order valence-electron chi connectivity index (χ2n) is 8.05. The van der Waals surface area contributed by atoms with Gasteiger partial charge in [-0.3, -0.25) is 19.6 Å². The number of pyridine rings is 1. The van der Waals surface area contributed by atoms with Gasteiger partial charge in [-0.05, 0) is 79.3 Å². The lowest BCUT2D eigenvalue weighted by molar-refractivity contribution is -0.127. The molecule has 0 spiro atoms. The minimum absolute atomic E-state index is 0.140. The van der Waals surface area contributed by atoms with Gasteiger partial charge in [-0.25, -0.2) is 0 Å². The number of likely N-dealkylation sites (tertiary alicyclic amines) is 2. The van der Waals surface area contributed by atoms with Crippen LogP contribution in [0.15, 0.2) is 41.4 Å². The van der Waals surface area contributed by atoms with Gasteiger partial charge in [0.25, 0.3) is 0 Å². The molecule has 2 saturated heterocycles. The molecule has 0 unspecified atom stereocenters. The second-order valence-corrected chi connectivity index (χ2v) is 8.83. The molecule has 6 heteroatoms. The lowest BCUT2D eigenvalue weighted by Gasteiger charge is -2.42. The van der Waals surface area contributed by atoms with E-state index in [0.717, 1.165) is 45.6 Å². The van der Waals surface area contributed by atoms with Crippen LogP contribution in [0, 0.1) is 5.92 Å². The normalized spacial score (nSPS) is 22.2. The fraction of sp³-hybridized carbons (Fsp3) is 0.545. The first kappa shape index (κ1) is 19.6. The number of rotatable bonds is 6. The van der Waals surface area contributed by atoms with Crippen molar-refractivity contribution < 1.29 is 4.79 Å². The summed E-state index contributed by atoms with van der Waals surface area (Å²) in [6.45, 7) is 5.97. The molecule has 2 aliphatic heterocycles. The zero-order valence-corrected chi connectivity index (χ0v) is 17.2. The third kappa shape index (κ3) is 5.19. The Balaban J connectivity index is 1.23. The molecule has 0 saturated carbocycles. The fourth-order valence-corrected chi connectivity index (χ4v) is 5.14. The molecule has 0 radical (unpaired) electrons. The van der Waals surface area contributed by atoms with Crippen LogP contribution in [-0.4, -0.2) is 52.9 Å². The first-order valence-electron chi connectivity index (χ1n) is 10.4. The van der Waals surface area contributed by atoms with Gasteiger partial charge < -0.3 is 5.32 Å². The lowest BCUT2D eigenvalue weighted by atomic mass is 9.93. The van der Waals surface area contributed by atoms with Gasteiger partial charge in [0.1, 0.15) is 0 Å². The molecule has 5 nitrogen and oxygen atoms in total. The molecule has 0 aliphatic carbocycles. The number of nitrogens with one attached hydrogen (secondary N) is 1. The maximum Gasteiger partial charge on any atom is 0.224 e. The summed E-state index contributed by atoms with van der Waals surface area (Å²) < 4.78 is 0. The van der Waals surface area contributed by atoms with Crippen LogP contribution in [0.25, 0.3) is 0 Å². The van der Waals surface area contributed by atoms with Crippen molar-refractivity contribution in [2.24, 2.45) is 5.92 Å². The largest absolute Gasteiger partial charge is 0.352 e. The van der Waals surface area contributed by atoms with Crippen molar-refractivity contribution in [2.75, 3.05) is 26.2 Å². The smallest absolute Gasteiger partial charge is 0.224 e. The maximum atomic E-state index is 12.6. The molecular formula is C22H30N4OS. The summed E-state index contributed by atoms with van der Waals surface area (Å²) in [4.78, 5) is 22.0. The predicted octanol–water partition coefficient (Wildman–Crippen LogP) is 3.14. The molecule has 1 amide bonds. The fourth-order valence-electron chi connectivity index (χ4n) is 4.47. The number of hydrogen-bond acceptors (Lipinski definition) is 5. The third-order valence-corrected chi connectivity index (χ3v) is 6.80. The zero-order chi connectivity index (χ0) is 19.2. The van der Waals surface area contributed by atoms with E-state index in [1.54, 1.807) is 11.3 Å². The van der Waals surface area contributed by atoms with E-state index >= 15 is 0 Å². The number of piperidine rings is 2. The van der Waals surface area contributed by atoms with Gasteiger partial charge in [0.2, 0.25) is 5.91 Å². The quantitative estimate of drug-likeness (QED) is 0.812. The van der Waals surface area contributed by atoms with E-state index in [0.29, 0.717) is 12.6 Å². The van der Waals surface area contributed by atoms with Gasteiger partial charge in [-0.15, -0.1) is 0 Å². The highest BCUT2D eigenvalue weighted by Crippen LogP contribution is 2.24. The number of carbonyl (C=O) groups excluding carboxylic acids is 1. The molecule has 2 aromatic heterocycles. The number of amides is 1. The third-order valence-electron chi connectivity index (χ3n) is 6.07. The molecule has 0 bridgehead atoms. The van der Waals surface area contributed by atoms with E-state index in [4.69, 9.17) is 0 Å². The zero-order valence-electron chi connectivity index (χ0n) is 16.4. The highest BCUT2D eigenvalue weighted by atomic mass is 32.1. The molecular weight excluding hydrogens is 368 g/mol. The molecule has 4 rings (SSSR count). The van der Waals surface area contributed by atoms with Crippen molar-refractivity contribution >= 4 is 17.2 Å². The lowest BCUT2D eigenvalue weighted by Crippen LogP contribution is -2.50. The Hall–Kier alpha value is -1.76. The summed E-state index contributed by atoms with van der Waals surface area (Å²) in [7, 11) is 0. The van der Waals surface area contributed by atoms with Gasteiger partial charge in [0, 0.05) is 38.1 Å². The Morgan fingerprint density at radius 2 is 2.07 bits per heavy atom. The van der Waals surface area contributed by atoms with E-state index in [1.807, 2.05) is 18.5 Å². The standard InChI is InChI=1S/C22H30N4OS/c27-22(24-14-19-7-12-28-17-19)20-4-2-9-26(16-20)21-5-10-25(11-6-21)15-18-3-1-8-23-13-18/h1,3,7-8,12-13,17,20-21H,2,4-6,9-11,14-16H2,(H,24,27)/t20-/m0/s1. The molecule has 2 aromatic rings. The summed E-state index contributed by atoms with van der Waals surface area (Å²) >= 11 is 1.68. The van der Waals surface area contributed by atoms with E-state index in [9.17, 15) is 4.79 Å². The topological polar surface area (TPSA) is 48.5 Å². The number of nitrogens with zero attached hydrogens (tertiary/aromatic N) is 3. The maximum absolute atomic E-state index is 12.6. The minimum atomic E-state index is 0.140. The van der Waals surface area contributed by atoms with Crippen molar-refractivity contribution in [3.8, 4) is 0 Å². The molecule has 4 heterocycles. The Morgan fingerprint density at radius 3 is 2.82 bits per heavy atom. The van der Waals surface area contributed by atoms with Crippen molar-refractivity contribution in [1.82, 2.24) is 20.1 Å². The molecule has 28 heavy (non-hydrogen) atoms. The summed E-state index contributed by atoms with van der Waals surface area (Å²) in [5.74, 6) is 0.366. The van der Waals surface area contributed by atoms with E-state index in [1.165, 1.54) is 24.0 Å².